The summed E-state index contributed by atoms with van der Waals surface area (Å²) in [6.45, 7) is 2.12. The Kier molecular flexibility index (Phi) is 3.39. The molecule has 2 heteroatoms. The third-order valence-corrected chi connectivity index (χ3v) is 3.19. The molecule has 2 nitrogen and oxygen atoms in total. The second-order valence-corrected chi connectivity index (χ2v) is 4.59. The van der Waals surface area contributed by atoms with E-state index >= 15 is 0 Å². The molecule has 0 aliphatic heterocycles. The molecule has 0 bridgehead atoms. The molecule has 0 spiro atoms. The highest BCUT2D eigenvalue weighted by Gasteiger charge is 2.25. The first-order chi connectivity index (χ1) is 7.72. The van der Waals surface area contributed by atoms with E-state index in [2.05, 4.69) is 24.1 Å². The van der Waals surface area contributed by atoms with Gasteiger partial charge in [-0.2, -0.15) is 0 Å². The molecule has 0 aromatic carbocycles. The molecule has 0 amide bonds. The van der Waals surface area contributed by atoms with Crippen molar-refractivity contribution < 1.29 is 5.11 Å². The first kappa shape index (κ1) is 11.3. The Labute approximate surface area is 97.0 Å². The van der Waals surface area contributed by atoms with Gasteiger partial charge in [-0.25, -0.2) is 0 Å². The zero-order chi connectivity index (χ0) is 11.4. The Morgan fingerprint density at radius 1 is 1.44 bits per heavy atom. The van der Waals surface area contributed by atoms with Crippen molar-refractivity contribution in [1.29, 1.82) is 0 Å². The van der Waals surface area contributed by atoms with Crippen LogP contribution in [0.3, 0.4) is 0 Å². The normalized spacial score (nSPS) is 24.6. The summed E-state index contributed by atoms with van der Waals surface area (Å²) in [5.41, 5.74) is 1.56. The van der Waals surface area contributed by atoms with Crippen LogP contribution in [0, 0.1) is 0 Å². The number of hydrogen-bond donors (Lipinski definition) is 1. The van der Waals surface area contributed by atoms with Gasteiger partial charge in [-0.1, -0.05) is 25.1 Å². The fourth-order valence-corrected chi connectivity index (χ4v) is 2.14. The average Bonchev–Trinajstić information content (AvgIpc) is 2.30. The third kappa shape index (κ3) is 2.70. The van der Waals surface area contributed by atoms with Gasteiger partial charge in [0.25, 0.3) is 0 Å². The minimum atomic E-state index is -0.668. The van der Waals surface area contributed by atoms with Gasteiger partial charge < -0.3 is 5.11 Å². The van der Waals surface area contributed by atoms with Crippen molar-refractivity contribution in [3.8, 4) is 0 Å². The first-order valence-electron chi connectivity index (χ1n) is 6.06. The van der Waals surface area contributed by atoms with E-state index in [1.165, 1.54) is 5.56 Å². The second-order valence-electron chi connectivity index (χ2n) is 4.59. The largest absolute Gasteiger partial charge is 0.385 e. The summed E-state index contributed by atoms with van der Waals surface area (Å²) >= 11 is 0. The van der Waals surface area contributed by atoms with Crippen LogP contribution in [0.5, 0.6) is 0 Å². The summed E-state index contributed by atoms with van der Waals surface area (Å²) in [6.07, 6.45) is 10.6. The molecule has 0 fully saturated rings. The van der Waals surface area contributed by atoms with Crippen LogP contribution in [0.25, 0.3) is 0 Å². The average molecular weight is 217 g/mol. The molecular formula is C14H19NO. The highest BCUT2D eigenvalue weighted by molar-refractivity contribution is 5.18. The van der Waals surface area contributed by atoms with Crippen molar-refractivity contribution in [2.75, 3.05) is 0 Å². The SMILES string of the molecule is CCc1ccc(CC2(O)C=CCCC2)nc1. The Morgan fingerprint density at radius 2 is 2.31 bits per heavy atom. The molecule has 1 aliphatic rings. The molecule has 2 rings (SSSR count). The van der Waals surface area contributed by atoms with Crippen LogP contribution in [0.2, 0.25) is 0 Å². The molecule has 1 heterocycles. The van der Waals surface area contributed by atoms with Crippen LogP contribution in [0.15, 0.2) is 30.5 Å². The van der Waals surface area contributed by atoms with E-state index in [9.17, 15) is 5.11 Å². The lowest BCUT2D eigenvalue weighted by atomic mass is 9.87. The topological polar surface area (TPSA) is 33.1 Å². The summed E-state index contributed by atoms with van der Waals surface area (Å²) in [5.74, 6) is 0. The van der Waals surface area contributed by atoms with Crippen LogP contribution in [0.4, 0.5) is 0 Å². The fraction of sp³-hybridized carbons (Fsp3) is 0.500. The molecule has 1 aromatic rings. The van der Waals surface area contributed by atoms with E-state index in [1.54, 1.807) is 0 Å². The smallest absolute Gasteiger partial charge is 0.0883 e. The summed E-state index contributed by atoms with van der Waals surface area (Å²) < 4.78 is 0. The summed E-state index contributed by atoms with van der Waals surface area (Å²) in [7, 11) is 0. The van der Waals surface area contributed by atoms with Crippen molar-refractivity contribution in [2.45, 2.75) is 44.6 Å². The minimum Gasteiger partial charge on any atom is -0.385 e. The maximum atomic E-state index is 10.3. The Hall–Kier alpha value is -1.15. The van der Waals surface area contributed by atoms with Crippen LogP contribution in [-0.4, -0.2) is 15.7 Å². The van der Waals surface area contributed by atoms with E-state index in [0.717, 1.165) is 31.4 Å². The standard InChI is InChI=1S/C14H19NO/c1-2-12-6-7-13(15-11-12)10-14(16)8-4-3-5-9-14/h4,6-8,11,16H,2-3,5,9-10H2,1H3. The van der Waals surface area contributed by atoms with Crippen LogP contribution >= 0.6 is 0 Å². The Morgan fingerprint density at radius 3 is 2.88 bits per heavy atom. The van der Waals surface area contributed by atoms with Gasteiger partial charge in [0.1, 0.15) is 0 Å². The number of aliphatic hydroxyl groups is 1. The Balaban J connectivity index is 2.07. The van der Waals surface area contributed by atoms with E-state index < -0.39 is 5.60 Å². The van der Waals surface area contributed by atoms with E-state index in [1.807, 2.05) is 18.3 Å². The van der Waals surface area contributed by atoms with Gasteiger partial charge in [-0.15, -0.1) is 0 Å². The first-order valence-corrected chi connectivity index (χ1v) is 6.06. The van der Waals surface area contributed by atoms with Crippen molar-refractivity contribution in [3.05, 3.63) is 41.7 Å². The van der Waals surface area contributed by atoms with Crippen molar-refractivity contribution in [3.63, 3.8) is 0 Å². The predicted molar refractivity (Wildman–Crippen MR) is 65.3 cm³/mol. The number of aryl methyl sites for hydroxylation is 1. The molecule has 0 saturated heterocycles. The molecule has 1 aromatic heterocycles. The van der Waals surface area contributed by atoms with Crippen molar-refractivity contribution >= 4 is 0 Å². The number of pyridine rings is 1. The van der Waals surface area contributed by atoms with Crippen LogP contribution < -0.4 is 0 Å². The van der Waals surface area contributed by atoms with E-state index in [-0.39, 0.29) is 0 Å². The zero-order valence-corrected chi connectivity index (χ0v) is 9.82. The van der Waals surface area contributed by atoms with E-state index in [4.69, 9.17) is 0 Å². The van der Waals surface area contributed by atoms with Gasteiger partial charge >= 0.3 is 0 Å². The summed E-state index contributed by atoms with van der Waals surface area (Å²) in [4.78, 5) is 4.39. The molecule has 1 aliphatic carbocycles. The monoisotopic (exact) mass is 217 g/mol. The molecule has 86 valence electrons. The number of allylic oxidation sites excluding steroid dienone is 1. The number of nitrogens with zero attached hydrogens (tertiary/aromatic N) is 1. The maximum absolute atomic E-state index is 10.3. The van der Waals surface area contributed by atoms with Gasteiger partial charge in [0.05, 0.1) is 5.60 Å². The quantitative estimate of drug-likeness (QED) is 0.790. The third-order valence-electron chi connectivity index (χ3n) is 3.19. The van der Waals surface area contributed by atoms with Gasteiger partial charge in [0, 0.05) is 18.3 Å². The Bertz CT molecular complexity index is 369. The van der Waals surface area contributed by atoms with Gasteiger partial charge in [-0.05, 0) is 37.3 Å². The molecule has 1 N–H and O–H groups in total. The van der Waals surface area contributed by atoms with Gasteiger partial charge in [0.2, 0.25) is 0 Å². The molecule has 16 heavy (non-hydrogen) atoms. The molecule has 0 radical (unpaired) electrons. The number of rotatable bonds is 3. The maximum Gasteiger partial charge on any atom is 0.0883 e. The lowest BCUT2D eigenvalue weighted by Crippen LogP contribution is -2.30. The van der Waals surface area contributed by atoms with Gasteiger partial charge in [0.15, 0.2) is 0 Å². The van der Waals surface area contributed by atoms with Gasteiger partial charge in [-0.3, -0.25) is 4.98 Å². The minimum absolute atomic E-state index is 0.632. The molecule has 1 unspecified atom stereocenters. The summed E-state index contributed by atoms with van der Waals surface area (Å²) in [6, 6.07) is 4.12. The van der Waals surface area contributed by atoms with Crippen molar-refractivity contribution in [1.82, 2.24) is 4.98 Å². The van der Waals surface area contributed by atoms with Crippen LogP contribution in [0.1, 0.15) is 37.4 Å². The number of hydrogen-bond acceptors (Lipinski definition) is 2. The zero-order valence-electron chi connectivity index (χ0n) is 9.82. The fourth-order valence-electron chi connectivity index (χ4n) is 2.14. The number of aromatic nitrogens is 1. The predicted octanol–water partition coefficient (Wildman–Crippen LogP) is 2.66. The lowest BCUT2D eigenvalue weighted by Gasteiger charge is -2.27. The molecule has 0 saturated carbocycles. The second kappa shape index (κ2) is 4.79. The highest BCUT2D eigenvalue weighted by atomic mass is 16.3. The molecular weight excluding hydrogens is 198 g/mol. The van der Waals surface area contributed by atoms with Crippen molar-refractivity contribution in [2.24, 2.45) is 0 Å². The highest BCUT2D eigenvalue weighted by Crippen LogP contribution is 2.25. The lowest BCUT2D eigenvalue weighted by molar-refractivity contribution is 0.0741. The summed E-state index contributed by atoms with van der Waals surface area (Å²) in [5, 5.41) is 10.3. The van der Waals surface area contributed by atoms with Crippen LogP contribution in [-0.2, 0) is 12.8 Å². The molecule has 1 atom stereocenters. The van der Waals surface area contributed by atoms with E-state index in [0.29, 0.717) is 6.42 Å².